The Labute approximate surface area is 184 Å². The van der Waals surface area contributed by atoms with Gasteiger partial charge in [-0.25, -0.2) is 4.98 Å². The molecule has 0 bridgehead atoms. The van der Waals surface area contributed by atoms with Gasteiger partial charge in [0.2, 0.25) is 0 Å². The molecule has 0 radical (unpaired) electrons. The molecule has 1 N–H and O–H groups in total. The fourth-order valence-corrected chi connectivity index (χ4v) is 3.88. The number of rotatable bonds is 8. The van der Waals surface area contributed by atoms with Gasteiger partial charge in [-0.15, -0.1) is 0 Å². The molecule has 6 nitrogen and oxygen atoms in total. The predicted octanol–water partition coefficient (Wildman–Crippen LogP) is 5.78. The van der Waals surface area contributed by atoms with Crippen molar-refractivity contribution in [3.05, 3.63) is 52.6 Å². The highest BCUT2D eigenvalue weighted by atomic mass is 79.9. The normalized spacial score (nSPS) is 11.2. The van der Waals surface area contributed by atoms with Crippen LogP contribution in [0.1, 0.15) is 25.3 Å². The quantitative estimate of drug-likeness (QED) is 0.355. The summed E-state index contributed by atoms with van der Waals surface area (Å²) in [6, 6.07) is 12.0. The minimum atomic E-state index is 0.566. The number of methoxy groups -OCH3 is 2. The number of ether oxygens (including phenoxy) is 2. The highest BCUT2D eigenvalue weighted by Crippen LogP contribution is 2.31. The summed E-state index contributed by atoms with van der Waals surface area (Å²) in [5, 5.41) is 10.5. The second kappa shape index (κ2) is 8.92. The molecule has 0 aliphatic carbocycles. The molecule has 0 fully saturated rings. The summed E-state index contributed by atoms with van der Waals surface area (Å²) in [5.41, 5.74) is 2.83. The zero-order chi connectivity index (χ0) is 21.1. The van der Waals surface area contributed by atoms with E-state index in [2.05, 4.69) is 40.4 Å². The van der Waals surface area contributed by atoms with Crippen LogP contribution in [-0.2, 0) is 13.1 Å². The first kappa shape index (κ1) is 20.5. The Morgan fingerprint density at radius 3 is 2.70 bits per heavy atom. The van der Waals surface area contributed by atoms with Gasteiger partial charge >= 0.3 is 0 Å². The molecular weight excluding hydrogens is 444 g/mol. The van der Waals surface area contributed by atoms with Crippen molar-refractivity contribution in [1.29, 1.82) is 0 Å². The van der Waals surface area contributed by atoms with Gasteiger partial charge in [0.05, 0.1) is 19.7 Å². The topological polar surface area (TPSA) is 61.2 Å². The summed E-state index contributed by atoms with van der Waals surface area (Å²) in [5.74, 6) is 2.31. The average molecular weight is 469 g/mol. The van der Waals surface area contributed by atoms with E-state index in [1.54, 1.807) is 14.2 Å². The van der Waals surface area contributed by atoms with Crippen molar-refractivity contribution in [2.45, 2.75) is 32.9 Å². The summed E-state index contributed by atoms with van der Waals surface area (Å²) < 4.78 is 13.9. The number of hydrogen-bond donors (Lipinski definition) is 1. The number of nitrogens with zero attached hydrogens (tertiary/aromatic N) is 3. The molecular formula is C23H25BrN4O2. The average Bonchev–Trinajstić information content (AvgIpc) is 3.20. The standard InChI is InChI=1S/C23H25BrN4O2/c1-4-5-10-28-14-19-18-9-7-16(24)11-20(18)26-23(22(19)27-28)25-13-15-6-8-17(29-2)12-21(15)30-3/h6-9,11-12,14H,4-5,10,13H2,1-3H3,(H,25,26). The van der Waals surface area contributed by atoms with E-state index in [-0.39, 0.29) is 0 Å². The van der Waals surface area contributed by atoms with Crippen LogP contribution in [0, 0.1) is 0 Å². The fourth-order valence-electron chi connectivity index (χ4n) is 3.53. The first-order valence-electron chi connectivity index (χ1n) is 10.0. The van der Waals surface area contributed by atoms with Crippen LogP contribution in [0.15, 0.2) is 47.1 Å². The smallest absolute Gasteiger partial charge is 0.155 e. The maximum Gasteiger partial charge on any atom is 0.155 e. The van der Waals surface area contributed by atoms with Crippen molar-refractivity contribution in [3.8, 4) is 11.5 Å². The zero-order valence-electron chi connectivity index (χ0n) is 17.4. The first-order chi connectivity index (χ1) is 14.6. The molecule has 7 heteroatoms. The Morgan fingerprint density at radius 1 is 1.07 bits per heavy atom. The molecule has 2 aromatic heterocycles. The van der Waals surface area contributed by atoms with Crippen molar-refractivity contribution in [2.75, 3.05) is 19.5 Å². The summed E-state index contributed by atoms with van der Waals surface area (Å²) in [6.07, 6.45) is 4.35. The molecule has 30 heavy (non-hydrogen) atoms. The van der Waals surface area contributed by atoms with Crippen LogP contribution in [0.5, 0.6) is 11.5 Å². The minimum absolute atomic E-state index is 0.566. The van der Waals surface area contributed by atoms with E-state index >= 15 is 0 Å². The van der Waals surface area contributed by atoms with E-state index in [1.807, 2.05) is 35.0 Å². The third kappa shape index (κ3) is 4.07. The van der Waals surface area contributed by atoms with Crippen LogP contribution < -0.4 is 14.8 Å². The molecule has 2 aromatic carbocycles. The summed E-state index contributed by atoms with van der Waals surface area (Å²) in [7, 11) is 3.31. The molecule has 2 heterocycles. The second-order valence-corrected chi connectivity index (χ2v) is 8.08. The number of hydrogen-bond acceptors (Lipinski definition) is 5. The second-order valence-electron chi connectivity index (χ2n) is 7.16. The molecule has 0 atom stereocenters. The summed E-state index contributed by atoms with van der Waals surface area (Å²) in [6.45, 7) is 3.65. The maximum absolute atomic E-state index is 5.53. The number of nitrogens with one attached hydrogen (secondary N) is 1. The highest BCUT2D eigenvalue weighted by Gasteiger charge is 2.14. The lowest BCUT2D eigenvalue weighted by atomic mass is 10.1. The predicted molar refractivity (Wildman–Crippen MR) is 125 cm³/mol. The van der Waals surface area contributed by atoms with Crippen molar-refractivity contribution < 1.29 is 9.47 Å². The van der Waals surface area contributed by atoms with Crippen LogP contribution in [0.25, 0.3) is 21.8 Å². The summed E-state index contributed by atoms with van der Waals surface area (Å²) in [4.78, 5) is 4.88. The van der Waals surface area contributed by atoms with Gasteiger partial charge in [0.15, 0.2) is 5.82 Å². The van der Waals surface area contributed by atoms with Gasteiger partial charge in [-0.1, -0.05) is 35.3 Å². The minimum Gasteiger partial charge on any atom is -0.497 e. The Balaban J connectivity index is 1.74. The van der Waals surface area contributed by atoms with E-state index in [4.69, 9.17) is 19.6 Å². The van der Waals surface area contributed by atoms with Gasteiger partial charge in [-0.2, -0.15) is 5.10 Å². The lowest BCUT2D eigenvalue weighted by Crippen LogP contribution is -2.05. The molecule has 0 saturated carbocycles. The maximum atomic E-state index is 5.53. The monoisotopic (exact) mass is 468 g/mol. The molecule has 4 aromatic rings. The van der Waals surface area contributed by atoms with Crippen molar-refractivity contribution >= 4 is 43.6 Å². The molecule has 4 rings (SSSR count). The molecule has 0 saturated heterocycles. The highest BCUT2D eigenvalue weighted by molar-refractivity contribution is 9.10. The molecule has 0 spiro atoms. The fraction of sp³-hybridized carbons (Fsp3) is 0.304. The number of halogens is 1. The van der Waals surface area contributed by atoms with Gasteiger partial charge in [-0.05, 0) is 30.7 Å². The third-order valence-electron chi connectivity index (χ3n) is 5.15. The Bertz CT molecular complexity index is 1190. The SMILES string of the molecule is CCCCn1cc2c(n1)c(NCc1ccc(OC)cc1OC)nc1cc(Br)ccc12. The number of aromatic nitrogens is 3. The number of anilines is 1. The Hall–Kier alpha value is -2.80. The van der Waals surface area contributed by atoms with Crippen LogP contribution in [0.4, 0.5) is 5.82 Å². The van der Waals surface area contributed by atoms with Crippen molar-refractivity contribution in [3.63, 3.8) is 0 Å². The first-order valence-corrected chi connectivity index (χ1v) is 10.8. The Kier molecular flexibility index (Phi) is 6.08. The number of unbranched alkanes of at least 4 members (excludes halogenated alkanes) is 1. The third-order valence-corrected chi connectivity index (χ3v) is 5.64. The molecule has 0 aliphatic heterocycles. The number of benzene rings is 2. The lowest BCUT2D eigenvalue weighted by molar-refractivity contribution is 0.391. The van der Waals surface area contributed by atoms with Gasteiger partial charge in [0, 0.05) is 46.2 Å². The van der Waals surface area contributed by atoms with E-state index in [0.29, 0.717) is 6.54 Å². The van der Waals surface area contributed by atoms with Gasteiger partial charge in [-0.3, -0.25) is 4.68 Å². The summed E-state index contributed by atoms with van der Waals surface area (Å²) >= 11 is 3.56. The van der Waals surface area contributed by atoms with Gasteiger partial charge in [0.25, 0.3) is 0 Å². The van der Waals surface area contributed by atoms with Crippen LogP contribution in [-0.4, -0.2) is 29.0 Å². The zero-order valence-corrected chi connectivity index (χ0v) is 19.0. The van der Waals surface area contributed by atoms with E-state index < -0.39 is 0 Å². The Morgan fingerprint density at radius 2 is 1.93 bits per heavy atom. The number of pyridine rings is 1. The van der Waals surface area contributed by atoms with Crippen LogP contribution >= 0.6 is 15.9 Å². The van der Waals surface area contributed by atoms with E-state index in [9.17, 15) is 0 Å². The van der Waals surface area contributed by atoms with Crippen molar-refractivity contribution in [1.82, 2.24) is 14.8 Å². The molecule has 0 unspecified atom stereocenters. The van der Waals surface area contributed by atoms with E-state index in [1.165, 1.54) is 0 Å². The molecule has 156 valence electrons. The van der Waals surface area contributed by atoms with Crippen molar-refractivity contribution in [2.24, 2.45) is 0 Å². The molecule has 0 aliphatic rings. The number of aryl methyl sites for hydroxylation is 1. The van der Waals surface area contributed by atoms with Crippen LogP contribution in [0.2, 0.25) is 0 Å². The largest absolute Gasteiger partial charge is 0.497 e. The molecule has 0 amide bonds. The van der Waals surface area contributed by atoms with E-state index in [0.717, 1.165) is 68.5 Å². The van der Waals surface area contributed by atoms with Crippen LogP contribution in [0.3, 0.4) is 0 Å². The lowest BCUT2D eigenvalue weighted by Gasteiger charge is -2.12. The number of fused-ring (bicyclic) bond motifs is 3. The van der Waals surface area contributed by atoms with Gasteiger partial charge < -0.3 is 14.8 Å². The van der Waals surface area contributed by atoms with Gasteiger partial charge in [0.1, 0.15) is 17.0 Å².